The van der Waals surface area contributed by atoms with Crippen LogP contribution in [-0.4, -0.2) is 22.4 Å². The van der Waals surface area contributed by atoms with Crippen LogP contribution in [0.5, 0.6) is 0 Å². The van der Waals surface area contributed by atoms with Gasteiger partial charge in [-0.1, -0.05) is 42.5 Å². The largest absolute Gasteiger partial charge is 0.354 e. The number of carbonyl (C=O) groups excluding carboxylic acids is 1. The zero-order chi connectivity index (χ0) is 19.1. The third kappa shape index (κ3) is 5.60. The molecule has 0 bridgehead atoms. The standard InChI is InChI=1S/C21H21FN4O/c1-15-13-19(20(27)24-14-17-7-9-18(22)10-8-17)26-21(25-15)23-12-11-16-5-3-2-4-6-16/h2-10,13H,11-12,14H2,1H3,(H,24,27)(H,23,25,26). The maximum atomic E-state index is 12.9. The number of benzene rings is 2. The highest BCUT2D eigenvalue weighted by Gasteiger charge is 2.10. The quantitative estimate of drug-likeness (QED) is 0.673. The number of nitrogens with zero attached hydrogens (tertiary/aromatic N) is 2. The first-order valence-electron chi connectivity index (χ1n) is 8.76. The molecule has 138 valence electrons. The van der Waals surface area contributed by atoms with Crippen LogP contribution in [0.3, 0.4) is 0 Å². The van der Waals surface area contributed by atoms with E-state index in [1.165, 1.54) is 17.7 Å². The van der Waals surface area contributed by atoms with Crippen LogP contribution in [0.25, 0.3) is 0 Å². The van der Waals surface area contributed by atoms with Crippen LogP contribution in [-0.2, 0) is 13.0 Å². The van der Waals surface area contributed by atoms with Crippen LogP contribution in [0.2, 0.25) is 0 Å². The van der Waals surface area contributed by atoms with Crippen molar-refractivity contribution in [3.8, 4) is 0 Å². The van der Waals surface area contributed by atoms with Crippen LogP contribution >= 0.6 is 0 Å². The zero-order valence-electron chi connectivity index (χ0n) is 15.1. The van der Waals surface area contributed by atoms with Crippen molar-refractivity contribution in [3.63, 3.8) is 0 Å². The molecule has 2 aromatic carbocycles. The van der Waals surface area contributed by atoms with E-state index in [0.29, 0.717) is 30.4 Å². The Morgan fingerprint density at radius 1 is 1.00 bits per heavy atom. The summed E-state index contributed by atoms with van der Waals surface area (Å²) in [7, 11) is 0. The Morgan fingerprint density at radius 2 is 1.74 bits per heavy atom. The molecule has 0 aliphatic carbocycles. The van der Waals surface area contributed by atoms with Crippen molar-refractivity contribution in [1.82, 2.24) is 15.3 Å². The van der Waals surface area contributed by atoms with E-state index >= 15 is 0 Å². The van der Waals surface area contributed by atoms with E-state index in [0.717, 1.165) is 12.0 Å². The molecule has 1 heterocycles. The molecule has 0 spiro atoms. The van der Waals surface area contributed by atoms with Gasteiger partial charge in [0.15, 0.2) is 0 Å². The van der Waals surface area contributed by atoms with Gasteiger partial charge >= 0.3 is 0 Å². The summed E-state index contributed by atoms with van der Waals surface area (Å²) in [6, 6.07) is 17.8. The molecule has 0 atom stereocenters. The molecule has 0 radical (unpaired) electrons. The fourth-order valence-electron chi connectivity index (χ4n) is 2.60. The molecule has 3 aromatic rings. The number of hydrogen-bond acceptors (Lipinski definition) is 4. The lowest BCUT2D eigenvalue weighted by Crippen LogP contribution is -2.24. The first-order valence-corrected chi connectivity index (χ1v) is 8.76. The van der Waals surface area contributed by atoms with Gasteiger partial charge in [0.25, 0.3) is 5.91 Å². The van der Waals surface area contributed by atoms with Crippen molar-refractivity contribution in [1.29, 1.82) is 0 Å². The maximum Gasteiger partial charge on any atom is 0.270 e. The zero-order valence-corrected chi connectivity index (χ0v) is 15.1. The van der Waals surface area contributed by atoms with Crippen molar-refractivity contribution in [2.24, 2.45) is 0 Å². The second-order valence-corrected chi connectivity index (χ2v) is 6.19. The average molecular weight is 364 g/mol. The highest BCUT2D eigenvalue weighted by molar-refractivity contribution is 5.92. The van der Waals surface area contributed by atoms with Gasteiger partial charge in [-0.2, -0.15) is 0 Å². The summed E-state index contributed by atoms with van der Waals surface area (Å²) in [5.74, 6) is -0.170. The lowest BCUT2D eigenvalue weighted by Gasteiger charge is -2.09. The van der Waals surface area contributed by atoms with E-state index in [-0.39, 0.29) is 11.7 Å². The van der Waals surface area contributed by atoms with Gasteiger partial charge in [0.1, 0.15) is 11.5 Å². The van der Waals surface area contributed by atoms with Crippen LogP contribution < -0.4 is 10.6 Å². The van der Waals surface area contributed by atoms with Crippen LogP contribution in [0, 0.1) is 12.7 Å². The number of aryl methyl sites for hydroxylation is 1. The molecule has 0 unspecified atom stereocenters. The van der Waals surface area contributed by atoms with E-state index in [2.05, 4.69) is 32.7 Å². The molecule has 1 aromatic heterocycles. The Labute approximate surface area is 157 Å². The normalized spacial score (nSPS) is 10.4. The van der Waals surface area contributed by atoms with Crippen molar-refractivity contribution >= 4 is 11.9 Å². The topological polar surface area (TPSA) is 66.9 Å². The monoisotopic (exact) mass is 364 g/mol. The molecule has 5 nitrogen and oxygen atoms in total. The first-order chi connectivity index (χ1) is 13.1. The summed E-state index contributed by atoms with van der Waals surface area (Å²) in [6.45, 7) is 2.80. The van der Waals surface area contributed by atoms with Crippen molar-refractivity contribution in [3.05, 3.63) is 89.0 Å². The van der Waals surface area contributed by atoms with Gasteiger partial charge in [-0.15, -0.1) is 0 Å². The van der Waals surface area contributed by atoms with Crippen molar-refractivity contribution in [2.75, 3.05) is 11.9 Å². The Bertz CT molecular complexity index is 898. The predicted molar refractivity (Wildman–Crippen MR) is 103 cm³/mol. The Morgan fingerprint density at radius 3 is 2.48 bits per heavy atom. The lowest BCUT2D eigenvalue weighted by atomic mass is 10.1. The molecule has 0 aliphatic heterocycles. The van der Waals surface area contributed by atoms with Gasteiger partial charge < -0.3 is 10.6 Å². The number of halogens is 1. The van der Waals surface area contributed by atoms with Crippen LogP contribution in [0.4, 0.5) is 10.3 Å². The fraction of sp³-hybridized carbons (Fsp3) is 0.190. The summed E-state index contributed by atoms with van der Waals surface area (Å²) in [6.07, 6.45) is 0.838. The first kappa shape index (κ1) is 18.5. The Hall–Kier alpha value is -3.28. The van der Waals surface area contributed by atoms with Crippen molar-refractivity contribution < 1.29 is 9.18 Å². The van der Waals surface area contributed by atoms with Gasteiger partial charge in [-0.3, -0.25) is 4.79 Å². The number of rotatable bonds is 7. The van der Waals surface area contributed by atoms with E-state index in [9.17, 15) is 9.18 Å². The third-order valence-corrected chi connectivity index (χ3v) is 3.99. The summed E-state index contributed by atoms with van der Waals surface area (Å²) in [5.41, 5.74) is 3.04. The number of carbonyl (C=O) groups is 1. The highest BCUT2D eigenvalue weighted by Crippen LogP contribution is 2.07. The maximum absolute atomic E-state index is 12.9. The SMILES string of the molecule is Cc1cc(C(=O)NCc2ccc(F)cc2)nc(NCCc2ccccc2)n1. The van der Waals surface area contributed by atoms with Crippen LogP contribution in [0.15, 0.2) is 60.7 Å². The summed E-state index contributed by atoms with van der Waals surface area (Å²) < 4.78 is 12.9. The summed E-state index contributed by atoms with van der Waals surface area (Å²) in [4.78, 5) is 21.0. The van der Waals surface area contributed by atoms with Gasteiger partial charge in [0.2, 0.25) is 5.95 Å². The fourth-order valence-corrected chi connectivity index (χ4v) is 2.60. The highest BCUT2D eigenvalue weighted by atomic mass is 19.1. The van der Waals surface area contributed by atoms with Crippen LogP contribution in [0.1, 0.15) is 27.3 Å². The molecule has 0 saturated carbocycles. The minimum Gasteiger partial charge on any atom is -0.354 e. The minimum atomic E-state index is -0.303. The second kappa shape index (κ2) is 8.89. The van der Waals surface area contributed by atoms with Gasteiger partial charge in [-0.25, -0.2) is 14.4 Å². The number of nitrogens with one attached hydrogen (secondary N) is 2. The smallest absolute Gasteiger partial charge is 0.270 e. The van der Waals surface area contributed by atoms with Gasteiger partial charge in [0, 0.05) is 18.8 Å². The molecular weight excluding hydrogens is 343 g/mol. The molecule has 0 fully saturated rings. The average Bonchev–Trinajstić information content (AvgIpc) is 2.68. The number of anilines is 1. The van der Waals surface area contributed by atoms with E-state index in [4.69, 9.17) is 0 Å². The number of aromatic nitrogens is 2. The number of amides is 1. The van der Waals surface area contributed by atoms with Gasteiger partial charge in [0.05, 0.1) is 0 Å². The second-order valence-electron chi connectivity index (χ2n) is 6.19. The molecular formula is C21H21FN4O. The summed E-state index contributed by atoms with van der Waals surface area (Å²) in [5, 5.41) is 5.96. The Balaban J connectivity index is 1.58. The van der Waals surface area contributed by atoms with Gasteiger partial charge in [-0.05, 0) is 42.7 Å². The molecule has 1 amide bonds. The van der Waals surface area contributed by atoms with E-state index in [1.54, 1.807) is 18.2 Å². The van der Waals surface area contributed by atoms with E-state index in [1.807, 2.05) is 25.1 Å². The molecule has 3 rings (SSSR count). The third-order valence-electron chi connectivity index (χ3n) is 3.99. The Kier molecular flexibility index (Phi) is 6.10. The minimum absolute atomic E-state index is 0.295. The predicted octanol–water partition coefficient (Wildman–Crippen LogP) is 3.51. The molecule has 0 aliphatic rings. The molecule has 6 heteroatoms. The van der Waals surface area contributed by atoms with Crippen molar-refractivity contribution in [2.45, 2.75) is 19.9 Å². The lowest BCUT2D eigenvalue weighted by molar-refractivity contribution is 0.0945. The number of hydrogen-bond donors (Lipinski definition) is 2. The summed E-state index contributed by atoms with van der Waals surface area (Å²) >= 11 is 0. The molecule has 2 N–H and O–H groups in total. The molecule has 0 saturated heterocycles. The van der Waals surface area contributed by atoms with E-state index < -0.39 is 0 Å². The molecule has 27 heavy (non-hydrogen) atoms.